The third kappa shape index (κ3) is 7.98. The van der Waals surface area contributed by atoms with Gasteiger partial charge in [0.25, 0.3) is 0 Å². The highest BCUT2D eigenvalue weighted by Gasteiger charge is 2.28. The van der Waals surface area contributed by atoms with E-state index in [0.29, 0.717) is 47.8 Å². The third-order valence-electron chi connectivity index (χ3n) is 8.09. The molecule has 1 unspecified atom stereocenters. The number of rotatable bonds is 14. The Kier molecular flexibility index (Phi) is 13.0. The third-order valence-corrected chi connectivity index (χ3v) is 8.34. The number of allylic oxidation sites excluding steroid dienone is 4. The second kappa shape index (κ2) is 16.2. The number of likely N-dealkylation sites (tertiary alicyclic amines) is 1. The number of aromatic nitrogens is 1. The van der Waals surface area contributed by atoms with Gasteiger partial charge in [-0.05, 0) is 70.4 Å². The number of nitrogens with two attached hydrogens (primary N) is 1. The van der Waals surface area contributed by atoms with Crippen molar-refractivity contribution in [1.29, 1.82) is 0 Å². The molecule has 9 heteroatoms. The highest BCUT2D eigenvalue weighted by Crippen LogP contribution is 2.40. The molecule has 1 aliphatic rings. The van der Waals surface area contributed by atoms with E-state index < -0.39 is 5.83 Å². The minimum Gasteiger partial charge on any atom is -0.375 e. The number of hydrogen-bond donors (Lipinski definition) is 1. The Morgan fingerprint density at radius 2 is 1.90 bits per heavy atom. The van der Waals surface area contributed by atoms with Crippen LogP contribution < -0.4 is 5.73 Å². The predicted octanol–water partition coefficient (Wildman–Crippen LogP) is 7.07. The van der Waals surface area contributed by atoms with Crippen LogP contribution in [0.5, 0.6) is 0 Å². The molecular formula is C33H45ClF2N4O2. The van der Waals surface area contributed by atoms with Gasteiger partial charge in [-0.25, -0.2) is 8.78 Å². The number of ether oxygens (including phenoxy) is 1. The van der Waals surface area contributed by atoms with E-state index in [1.54, 1.807) is 61.9 Å². The molecule has 1 aromatic carbocycles. The van der Waals surface area contributed by atoms with Crippen molar-refractivity contribution in [2.24, 2.45) is 12.8 Å². The zero-order valence-electron chi connectivity index (χ0n) is 25.5. The molecule has 2 aromatic rings. The predicted molar refractivity (Wildman–Crippen MR) is 169 cm³/mol. The summed E-state index contributed by atoms with van der Waals surface area (Å²) in [5.41, 5.74) is 8.07. The topological polar surface area (TPSA) is 63.7 Å². The van der Waals surface area contributed by atoms with E-state index in [-0.39, 0.29) is 47.5 Å². The van der Waals surface area contributed by atoms with Gasteiger partial charge in [-0.2, -0.15) is 0 Å². The molecule has 1 fully saturated rings. The first-order chi connectivity index (χ1) is 20.2. The summed E-state index contributed by atoms with van der Waals surface area (Å²) in [6.07, 6.45) is 7.06. The molecule has 230 valence electrons. The summed E-state index contributed by atoms with van der Waals surface area (Å²) in [5, 5.41) is 0.534. The summed E-state index contributed by atoms with van der Waals surface area (Å²) in [6, 6.07) is 6.96. The van der Waals surface area contributed by atoms with Crippen molar-refractivity contribution >= 4 is 23.5 Å². The van der Waals surface area contributed by atoms with Crippen molar-refractivity contribution in [1.82, 2.24) is 14.4 Å². The Hall–Kier alpha value is -2.78. The first kappa shape index (κ1) is 33.7. The minimum absolute atomic E-state index is 0.0375. The summed E-state index contributed by atoms with van der Waals surface area (Å²) in [4.78, 5) is 16.5. The van der Waals surface area contributed by atoms with Crippen molar-refractivity contribution < 1.29 is 18.3 Å². The van der Waals surface area contributed by atoms with Gasteiger partial charge in [-0.1, -0.05) is 36.7 Å². The van der Waals surface area contributed by atoms with E-state index in [0.717, 1.165) is 32.5 Å². The second-order valence-corrected chi connectivity index (χ2v) is 11.2. The molecule has 0 spiro atoms. The van der Waals surface area contributed by atoms with Crippen molar-refractivity contribution in [2.45, 2.75) is 59.2 Å². The first-order valence-corrected chi connectivity index (χ1v) is 15.1. The van der Waals surface area contributed by atoms with Crippen LogP contribution in [0, 0.1) is 6.92 Å². The number of piperidine rings is 1. The van der Waals surface area contributed by atoms with Gasteiger partial charge in [-0.3, -0.25) is 4.79 Å². The van der Waals surface area contributed by atoms with Crippen LogP contribution in [0.15, 0.2) is 54.3 Å². The molecule has 6 nitrogen and oxygen atoms in total. The molecule has 0 radical (unpaired) electrons. The number of carbonyl (C=O) groups is 1. The van der Waals surface area contributed by atoms with Crippen LogP contribution in [0.3, 0.4) is 0 Å². The fourth-order valence-electron chi connectivity index (χ4n) is 5.62. The fraction of sp³-hybridized carbons (Fsp3) is 0.485. The van der Waals surface area contributed by atoms with Crippen molar-refractivity contribution in [3.63, 3.8) is 0 Å². The van der Waals surface area contributed by atoms with Crippen LogP contribution in [0.1, 0.15) is 61.6 Å². The number of carbonyl (C=O) groups excluding carboxylic acids is 1. The van der Waals surface area contributed by atoms with Gasteiger partial charge in [0.2, 0.25) is 0 Å². The quantitative estimate of drug-likeness (QED) is 0.185. The zero-order valence-corrected chi connectivity index (χ0v) is 26.3. The lowest BCUT2D eigenvalue weighted by molar-refractivity contribution is -0.0387. The van der Waals surface area contributed by atoms with Crippen LogP contribution >= 0.6 is 11.6 Å². The molecule has 1 saturated heterocycles. The fourth-order valence-corrected chi connectivity index (χ4v) is 5.74. The molecule has 3 rings (SSSR count). The van der Waals surface area contributed by atoms with E-state index in [9.17, 15) is 9.18 Å². The summed E-state index contributed by atoms with van der Waals surface area (Å²) in [6.45, 7) is 12.0. The van der Waals surface area contributed by atoms with E-state index in [4.69, 9.17) is 22.1 Å². The SMILES string of the molecule is C\C=C/C(=C(F)\C(=C\F)c1c(C=O)c(C)n(C)c1-c1ccc(Cl)cc1)N(CCN)CCC(C)OC1CCN(CC)CC1. The van der Waals surface area contributed by atoms with Gasteiger partial charge in [0.05, 0.1) is 35.5 Å². The Balaban J connectivity index is 1.97. The van der Waals surface area contributed by atoms with E-state index in [1.165, 1.54) is 0 Å². The van der Waals surface area contributed by atoms with E-state index >= 15 is 4.39 Å². The summed E-state index contributed by atoms with van der Waals surface area (Å²) in [5.74, 6) is -0.770. The number of nitrogens with zero attached hydrogens (tertiary/aromatic N) is 3. The van der Waals surface area contributed by atoms with Crippen molar-refractivity contribution in [3.05, 3.63) is 76.1 Å². The lowest BCUT2D eigenvalue weighted by Crippen LogP contribution is -2.38. The lowest BCUT2D eigenvalue weighted by atomic mass is 9.96. The van der Waals surface area contributed by atoms with Gasteiger partial charge >= 0.3 is 0 Å². The molecule has 42 heavy (non-hydrogen) atoms. The molecule has 2 heterocycles. The molecular weight excluding hydrogens is 558 g/mol. The monoisotopic (exact) mass is 602 g/mol. The molecule has 0 aliphatic carbocycles. The largest absolute Gasteiger partial charge is 0.375 e. The molecule has 1 atom stereocenters. The number of benzene rings is 1. The maximum absolute atomic E-state index is 16.6. The van der Waals surface area contributed by atoms with Crippen LogP contribution in [0.25, 0.3) is 16.8 Å². The smallest absolute Gasteiger partial charge is 0.156 e. The summed E-state index contributed by atoms with van der Waals surface area (Å²) < 4.78 is 39.5. The van der Waals surface area contributed by atoms with Crippen molar-refractivity contribution in [3.8, 4) is 11.3 Å². The Bertz CT molecular complexity index is 1280. The van der Waals surface area contributed by atoms with Gasteiger partial charge in [0.1, 0.15) is 0 Å². The summed E-state index contributed by atoms with van der Waals surface area (Å²) >= 11 is 6.11. The second-order valence-electron chi connectivity index (χ2n) is 10.8. The maximum Gasteiger partial charge on any atom is 0.156 e. The van der Waals surface area contributed by atoms with Crippen molar-refractivity contribution in [2.75, 3.05) is 39.3 Å². The average Bonchev–Trinajstić information content (AvgIpc) is 3.24. The number of hydrogen-bond acceptors (Lipinski definition) is 5. The van der Waals surface area contributed by atoms with Gasteiger partial charge in [0, 0.05) is 61.6 Å². The highest BCUT2D eigenvalue weighted by atomic mass is 35.5. The Morgan fingerprint density at radius 1 is 1.24 bits per heavy atom. The van der Waals surface area contributed by atoms with E-state index in [1.807, 2.05) is 11.8 Å². The van der Waals surface area contributed by atoms with Gasteiger partial charge < -0.3 is 24.8 Å². The highest BCUT2D eigenvalue weighted by molar-refractivity contribution is 6.30. The minimum atomic E-state index is -0.770. The zero-order chi connectivity index (χ0) is 30.8. The molecule has 0 bridgehead atoms. The Morgan fingerprint density at radius 3 is 2.45 bits per heavy atom. The Labute approximate surface area is 254 Å². The standard InChI is InChI=1S/C33H45ClF2N4O2/c1-6-8-30(40(20-16-37)19-13-23(3)42-27-14-17-39(7-2)18-15-27)32(36)28(21-35)31-29(22-41)24(4)38(5)33(31)25-9-11-26(34)12-10-25/h6,8-12,21-23,27H,7,13-20,37H2,1-5H3/b8-6-,28-21+,32-30-. The summed E-state index contributed by atoms with van der Waals surface area (Å²) in [7, 11) is 1.77. The lowest BCUT2D eigenvalue weighted by Gasteiger charge is -2.33. The van der Waals surface area contributed by atoms with E-state index in [2.05, 4.69) is 11.8 Å². The first-order valence-electron chi connectivity index (χ1n) is 14.8. The maximum atomic E-state index is 16.6. The van der Waals surface area contributed by atoms with Crippen LogP contribution in [-0.2, 0) is 11.8 Å². The normalized spacial score (nSPS) is 16.6. The molecule has 1 aromatic heterocycles. The number of aldehydes is 1. The molecule has 0 amide bonds. The number of halogens is 3. The van der Waals surface area contributed by atoms with Gasteiger partial charge in [-0.15, -0.1) is 0 Å². The molecule has 0 saturated carbocycles. The molecule has 2 N–H and O–H groups in total. The average molecular weight is 603 g/mol. The van der Waals surface area contributed by atoms with Crippen LogP contribution in [-0.4, -0.2) is 72.1 Å². The van der Waals surface area contributed by atoms with Crippen LogP contribution in [0.2, 0.25) is 5.02 Å². The van der Waals surface area contributed by atoms with Crippen LogP contribution in [0.4, 0.5) is 8.78 Å². The van der Waals surface area contributed by atoms with Gasteiger partial charge in [0.15, 0.2) is 12.1 Å². The molecule has 1 aliphatic heterocycles.